The van der Waals surface area contributed by atoms with Gasteiger partial charge in [-0.25, -0.2) is 9.69 Å². The first-order valence-corrected chi connectivity index (χ1v) is 10.1. The van der Waals surface area contributed by atoms with Crippen molar-refractivity contribution < 1.29 is 14.4 Å². The van der Waals surface area contributed by atoms with E-state index in [1.54, 1.807) is 24.3 Å². The van der Waals surface area contributed by atoms with Crippen LogP contribution >= 0.6 is 15.9 Å². The molecule has 30 heavy (non-hydrogen) atoms. The van der Waals surface area contributed by atoms with Crippen molar-refractivity contribution in [1.29, 1.82) is 0 Å². The van der Waals surface area contributed by atoms with Crippen molar-refractivity contribution >= 4 is 45.5 Å². The number of carbonyl (C=O) groups excluding carboxylic acids is 3. The minimum absolute atomic E-state index is 0.0945. The number of aromatic nitrogens is 1. The zero-order valence-electron chi connectivity index (χ0n) is 16.3. The monoisotopic (exact) mass is 463 g/mol. The van der Waals surface area contributed by atoms with Gasteiger partial charge in [-0.1, -0.05) is 40.2 Å². The van der Waals surface area contributed by atoms with Gasteiger partial charge in [0.1, 0.15) is 5.57 Å². The van der Waals surface area contributed by atoms with Crippen molar-refractivity contribution in [3.05, 3.63) is 87.7 Å². The molecule has 0 unspecified atom stereocenters. The van der Waals surface area contributed by atoms with Gasteiger partial charge in [-0.2, -0.15) is 0 Å². The summed E-state index contributed by atoms with van der Waals surface area (Å²) in [5.41, 5.74) is 3.86. The molecule has 4 amide bonds. The molecule has 2 aromatic carbocycles. The van der Waals surface area contributed by atoms with Gasteiger partial charge in [-0.05, 0) is 61.9 Å². The fraction of sp³-hybridized carbons (Fsp3) is 0.0870. The average molecular weight is 464 g/mol. The topological polar surface area (TPSA) is 71.4 Å². The second-order valence-electron chi connectivity index (χ2n) is 6.94. The van der Waals surface area contributed by atoms with Crippen LogP contribution in [0.1, 0.15) is 17.0 Å². The molecular weight excluding hydrogens is 446 g/mol. The van der Waals surface area contributed by atoms with Crippen LogP contribution in [-0.2, 0) is 9.59 Å². The van der Waals surface area contributed by atoms with E-state index in [2.05, 4.69) is 25.8 Å². The van der Waals surface area contributed by atoms with Gasteiger partial charge in [-0.15, -0.1) is 0 Å². The summed E-state index contributed by atoms with van der Waals surface area (Å²) < 4.78 is 2.77. The smallest absolute Gasteiger partial charge is 0.318 e. The highest BCUT2D eigenvalue weighted by Gasteiger charge is 2.37. The number of nitrogens with zero attached hydrogens (tertiary/aromatic N) is 2. The Labute approximate surface area is 181 Å². The van der Waals surface area contributed by atoms with Crippen molar-refractivity contribution in [2.45, 2.75) is 13.8 Å². The predicted molar refractivity (Wildman–Crippen MR) is 118 cm³/mol. The Morgan fingerprint density at radius 1 is 0.900 bits per heavy atom. The van der Waals surface area contributed by atoms with E-state index < -0.39 is 17.8 Å². The second-order valence-corrected chi connectivity index (χ2v) is 7.85. The van der Waals surface area contributed by atoms with Crippen molar-refractivity contribution in [2.24, 2.45) is 0 Å². The van der Waals surface area contributed by atoms with Crippen LogP contribution in [0.25, 0.3) is 11.8 Å². The highest BCUT2D eigenvalue weighted by Crippen LogP contribution is 2.27. The fourth-order valence-electron chi connectivity index (χ4n) is 3.57. The summed E-state index contributed by atoms with van der Waals surface area (Å²) in [5, 5.41) is 2.26. The summed E-state index contributed by atoms with van der Waals surface area (Å²) in [6, 6.07) is 17.8. The first kappa shape index (κ1) is 19.8. The maximum Gasteiger partial charge on any atom is 0.335 e. The van der Waals surface area contributed by atoms with E-state index in [0.717, 1.165) is 32.0 Å². The van der Waals surface area contributed by atoms with E-state index in [4.69, 9.17) is 0 Å². The minimum atomic E-state index is -0.769. The molecule has 1 N–H and O–H groups in total. The molecule has 0 saturated carbocycles. The number of hydrogen-bond donors (Lipinski definition) is 1. The van der Waals surface area contributed by atoms with Crippen molar-refractivity contribution in [3.8, 4) is 5.69 Å². The summed E-state index contributed by atoms with van der Waals surface area (Å²) in [4.78, 5) is 38.9. The Hall–Kier alpha value is -3.45. The summed E-state index contributed by atoms with van der Waals surface area (Å²) in [5.74, 6) is -1.37. The van der Waals surface area contributed by atoms with Crippen LogP contribution < -0.4 is 10.2 Å². The molecule has 1 aliphatic heterocycles. The van der Waals surface area contributed by atoms with E-state index in [0.29, 0.717) is 5.69 Å². The molecular formula is C23H18BrN3O3. The molecule has 150 valence electrons. The fourth-order valence-corrected chi connectivity index (χ4v) is 3.96. The lowest BCUT2D eigenvalue weighted by molar-refractivity contribution is -0.122. The van der Waals surface area contributed by atoms with E-state index in [1.165, 1.54) is 6.08 Å². The van der Waals surface area contributed by atoms with Crippen molar-refractivity contribution in [1.82, 2.24) is 9.88 Å². The number of imide groups is 2. The Bertz CT molecular complexity index is 1210. The summed E-state index contributed by atoms with van der Waals surface area (Å²) in [6.45, 7) is 3.89. The maximum atomic E-state index is 13.1. The third-order valence-corrected chi connectivity index (χ3v) is 5.45. The van der Waals surface area contributed by atoms with Crippen LogP contribution in [0.4, 0.5) is 10.5 Å². The highest BCUT2D eigenvalue weighted by atomic mass is 79.9. The number of barbiturate groups is 1. The van der Waals surface area contributed by atoms with Gasteiger partial charge in [0.15, 0.2) is 0 Å². The molecule has 6 nitrogen and oxygen atoms in total. The Morgan fingerprint density at radius 2 is 1.60 bits per heavy atom. The summed E-state index contributed by atoms with van der Waals surface area (Å²) in [7, 11) is 0. The zero-order chi connectivity index (χ0) is 21.4. The number of anilines is 1. The number of hydrogen-bond acceptors (Lipinski definition) is 3. The van der Waals surface area contributed by atoms with Crippen LogP contribution in [-0.4, -0.2) is 22.4 Å². The van der Waals surface area contributed by atoms with Crippen LogP contribution in [0.3, 0.4) is 0 Å². The molecule has 0 radical (unpaired) electrons. The maximum absolute atomic E-state index is 13.1. The van der Waals surface area contributed by atoms with E-state index in [1.807, 2.05) is 50.2 Å². The largest absolute Gasteiger partial charge is 0.335 e. The number of benzene rings is 2. The molecule has 1 fully saturated rings. The first-order chi connectivity index (χ1) is 14.4. The number of carbonyl (C=O) groups is 3. The Kier molecular flexibility index (Phi) is 5.13. The van der Waals surface area contributed by atoms with E-state index in [-0.39, 0.29) is 5.57 Å². The lowest BCUT2D eigenvalue weighted by atomic mass is 10.1. The van der Waals surface area contributed by atoms with Gasteiger partial charge in [0, 0.05) is 21.5 Å². The molecule has 1 saturated heterocycles. The molecule has 1 aromatic heterocycles. The lowest BCUT2D eigenvalue weighted by Crippen LogP contribution is -2.54. The number of para-hydroxylation sites is 1. The number of urea groups is 1. The quantitative estimate of drug-likeness (QED) is 0.458. The molecule has 4 rings (SSSR count). The zero-order valence-corrected chi connectivity index (χ0v) is 17.9. The van der Waals surface area contributed by atoms with Gasteiger partial charge < -0.3 is 4.57 Å². The van der Waals surface area contributed by atoms with Crippen LogP contribution in [0.15, 0.2) is 70.7 Å². The van der Waals surface area contributed by atoms with E-state index in [9.17, 15) is 14.4 Å². The number of nitrogens with one attached hydrogen (secondary N) is 1. The third-order valence-electron chi connectivity index (χ3n) is 4.95. The SMILES string of the molecule is Cc1cc(/C=C2/C(=O)NC(=O)N(c3cccc(Br)c3)C2=O)c(C)n1-c1ccccc1. The predicted octanol–water partition coefficient (Wildman–Crippen LogP) is 4.52. The second kappa shape index (κ2) is 7.76. The van der Waals surface area contributed by atoms with Gasteiger partial charge in [0.05, 0.1) is 5.69 Å². The van der Waals surface area contributed by atoms with Crippen molar-refractivity contribution in [3.63, 3.8) is 0 Å². The number of rotatable bonds is 3. The van der Waals surface area contributed by atoms with Crippen LogP contribution in [0.5, 0.6) is 0 Å². The third kappa shape index (κ3) is 3.48. The highest BCUT2D eigenvalue weighted by molar-refractivity contribution is 9.10. The standard InChI is InChI=1S/C23H18BrN3O3/c1-14-11-16(15(2)26(14)18-8-4-3-5-9-18)12-20-21(28)25-23(30)27(22(20)29)19-10-6-7-17(24)13-19/h3-13H,1-2H3,(H,25,28,30)/b20-12-. The van der Waals surface area contributed by atoms with Crippen molar-refractivity contribution in [2.75, 3.05) is 4.90 Å². The minimum Gasteiger partial charge on any atom is -0.318 e. The summed E-state index contributed by atoms with van der Waals surface area (Å²) >= 11 is 3.34. The molecule has 3 aromatic rings. The Morgan fingerprint density at radius 3 is 2.30 bits per heavy atom. The van der Waals surface area contributed by atoms with Crippen LogP contribution in [0, 0.1) is 13.8 Å². The number of halogens is 1. The van der Waals surface area contributed by atoms with Gasteiger partial charge in [0.2, 0.25) is 0 Å². The number of aryl methyl sites for hydroxylation is 1. The summed E-state index contributed by atoms with van der Waals surface area (Å²) in [6.07, 6.45) is 1.54. The normalized spacial score (nSPS) is 15.6. The average Bonchev–Trinajstić information content (AvgIpc) is 2.99. The van der Waals surface area contributed by atoms with Crippen LogP contribution in [0.2, 0.25) is 0 Å². The lowest BCUT2D eigenvalue weighted by Gasteiger charge is -2.26. The van der Waals surface area contributed by atoms with Gasteiger partial charge >= 0.3 is 6.03 Å². The molecule has 0 bridgehead atoms. The van der Waals surface area contributed by atoms with E-state index >= 15 is 0 Å². The Balaban J connectivity index is 1.77. The molecule has 0 atom stereocenters. The molecule has 2 heterocycles. The molecule has 7 heteroatoms. The number of amides is 4. The van der Waals surface area contributed by atoms with Gasteiger partial charge in [-0.3, -0.25) is 14.9 Å². The first-order valence-electron chi connectivity index (χ1n) is 9.28. The molecule has 1 aliphatic rings. The molecule has 0 spiro atoms. The molecule has 0 aliphatic carbocycles. The van der Waals surface area contributed by atoms with Gasteiger partial charge in [0.25, 0.3) is 11.8 Å².